The van der Waals surface area contributed by atoms with Crippen LogP contribution in [0.3, 0.4) is 0 Å². The van der Waals surface area contributed by atoms with Crippen LogP contribution in [0.4, 0.5) is 0 Å². The molecule has 2 heterocycles. The molecule has 0 unspecified atom stereocenters. The maximum absolute atomic E-state index is 4.03. The van der Waals surface area contributed by atoms with Gasteiger partial charge in [0.25, 0.3) is 0 Å². The van der Waals surface area contributed by atoms with Gasteiger partial charge in [0.1, 0.15) is 0 Å². The number of fused-ring (bicyclic) bond motifs is 5. The van der Waals surface area contributed by atoms with Crippen LogP contribution >= 0.6 is 0 Å². The molecule has 0 aliphatic carbocycles. The highest BCUT2D eigenvalue weighted by molar-refractivity contribution is 6.22. The summed E-state index contributed by atoms with van der Waals surface area (Å²) in [7, 11) is 0. The van der Waals surface area contributed by atoms with Crippen LogP contribution in [0.15, 0.2) is 79.9 Å². The van der Waals surface area contributed by atoms with Gasteiger partial charge in [-0.25, -0.2) is 0 Å². The molecule has 0 bridgehead atoms. The summed E-state index contributed by atoms with van der Waals surface area (Å²) >= 11 is 0. The van der Waals surface area contributed by atoms with Crippen molar-refractivity contribution in [2.24, 2.45) is 0 Å². The average Bonchev–Trinajstić information content (AvgIpc) is 3.30. The minimum Gasteiger partial charge on any atom is -0.354 e. The Balaban J connectivity index is 0.00000124. The van der Waals surface area contributed by atoms with Crippen molar-refractivity contribution in [3.63, 3.8) is 0 Å². The summed E-state index contributed by atoms with van der Waals surface area (Å²) in [6, 6.07) is 12.9. The summed E-state index contributed by atoms with van der Waals surface area (Å²) in [5, 5.41) is 3.65. The van der Waals surface area contributed by atoms with Crippen LogP contribution in [0.2, 0.25) is 0 Å². The van der Waals surface area contributed by atoms with E-state index in [9.17, 15) is 0 Å². The zero-order valence-electron chi connectivity index (χ0n) is 18.4. The summed E-state index contributed by atoms with van der Waals surface area (Å²) in [6.45, 7) is 16.0. The molecule has 4 aromatic rings. The molecule has 0 saturated carbocycles. The molecule has 2 aromatic heterocycles. The van der Waals surface area contributed by atoms with Gasteiger partial charge >= 0.3 is 0 Å². The zero-order valence-corrected chi connectivity index (χ0v) is 18.4. The molecule has 152 valence electrons. The van der Waals surface area contributed by atoms with Crippen molar-refractivity contribution < 1.29 is 0 Å². The molecule has 2 aromatic carbocycles. The van der Waals surface area contributed by atoms with Crippen molar-refractivity contribution in [3.05, 3.63) is 91.2 Å². The first-order valence-corrected chi connectivity index (χ1v) is 10.5. The Labute approximate surface area is 179 Å². The van der Waals surface area contributed by atoms with Crippen LogP contribution in [0, 0.1) is 0 Å². The summed E-state index contributed by atoms with van der Waals surface area (Å²) in [5.41, 5.74) is 6.82. The van der Waals surface area contributed by atoms with Gasteiger partial charge in [0.05, 0.1) is 16.6 Å². The monoisotopic (exact) mass is 394 g/mol. The van der Waals surface area contributed by atoms with Gasteiger partial charge in [-0.2, -0.15) is 0 Å². The number of aromatic amines is 1. The maximum atomic E-state index is 4.03. The number of rotatable bonds is 5. The molecule has 0 radical (unpaired) electrons. The van der Waals surface area contributed by atoms with E-state index in [0.717, 1.165) is 22.5 Å². The molecule has 0 spiro atoms. The molecule has 0 atom stereocenters. The van der Waals surface area contributed by atoms with Crippen molar-refractivity contribution in [2.75, 3.05) is 0 Å². The molecular formula is C28H30N2. The van der Waals surface area contributed by atoms with Crippen LogP contribution in [-0.4, -0.2) is 9.55 Å². The number of aromatic nitrogens is 2. The lowest BCUT2D eigenvalue weighted by molar-refractivity contribution is 1.24. The van der Waals surface area contributed by atoms with Gasteiger partial charge in [0.15, 0.2) is 0 Å². The van der Waals surface area contributed by atoms with Gasteiger partial charge in [-0.1, -0.05) is 75.6 Å². The average molecular weight is 395 g/mol. The second kappa shape index (κ2) is 9.32. The van der Waals surface area contributed by atoms with E-state index in [0.29, 0.717) is 0 Å². The normalized spacial score (nSPS) is 12.2. The standard InChI is InChI=1S/C26H24N2.C2H6/c1-5-11-18(12-6-2)28-23-15-10-9-14-21(23)25-24(28)17-16-20-19(8-4)22(13-7-3)27-26(20)25;1-2/h5-17,27H,1,4H2,2-3H3;1-2H3/b12-6-,13-7-,18-11+;. The van der Waals surface area contributed by atoms with E-state index in [-0.39, 0.29) is 0 Å². The van der Waals surface area contributed by atoms with Crippen LogP contribution < -0.4 is 0 Å². The van der Waals surface area contributed by atoms with Gasteiger partial charge in [0, 0.05) is 33.1 Å². The molecular weight excluding hydrogens is 364 g/mol. The zero-order chi connectivity index (χ0) is 21.7. The highest BCUT2D eigenvalue weighted by atomic mass is 15.0. The Hall–Kier alpha value is -3.52. The van der Waals surface area contributed by atoms with Crippen LogP contribution in [0.1, 0.15) is 39.0 Å². The summed E-state index contributed by atoms with van der Waals surface area (Å²) in [5.74, 6) is 0. The van der Waals surface area contributed by atoms with Crippen LogP contribution in [-0.2, 0) is 0 Å². The summed E-state index contributed by atoms with van der Waals surface area (Å²) in [4.78, 5) is 3.64. The van der Waals surface area contributed by atoms with E-state index < -0.39 is 0 Å². The molecule has 0 amide bonds. The van der Waals surface area contributed by atoms with E-state index in [1.54, 1.807) is 0 Å². The molecule has 0 aliphatic rings. The Bertz CT molecular complexity index is 1300. The van der Waals surface area contributed by atoms with E-state index >= 15 is 0 Å². The van der Waals surface area contributed by atoms with E-state index in [4.69, 9.17) is 0 Å². The van der Waals surface area contributed by atoms with Gasteiger partial charge < -0.3 is 9.55 Å². The largest absolute Gasteiger partial charge is 0.354 e. The van der Waals surface area contributed by atoms with Crippen molar-refractivity contribution in [3.8, 4) is 0 Å². The first-order chi connectivity index (χ1) is 14.7. The highest BCUT2D eigenvalue weighted by Crippen LogP contribution is 2.38. The minimum absolute atomic E-state index is 1.09. The number of H-pyrrole nitrogens is 1. The minimum atomic E-state index is 1.09. The first kappa shape index (κ1) is 21.2. The number of benzene rings is 2. The predicted octanol–water partition coefficient (Wildman–Crippen LogP) is 8.58. The third kappa shape index (κ3) is 3.35. The molecule has 2 nitrogen and oxygen atoms in total. The fourth-order valence-corrected chi connectivity index (χ4v) is 4.05. The lowest BCUT2D eigenvalue weighted by Gasteiger charge is -2.08. The third-order valence-electron chi connectivity index (χ3n) is 5.10. The number of allylic oxidation sites excluding steroid dienone is 6. The topological polar surface area (TPSA) is 20.7 Å². The number of hydrogen-bond donors (Lipinski definition) is 1. The number of hydrogen-bond acceptors (Lipinski definition) is 0. The lowest BCUT2D eigenvalue weighted by atomic mass is 10.1. The molecule has 0 aliphatic heterocycles. The predicted molar refractivity (Wildman–Crippen MR) is 137 cm³/mol. The fourth-order valence-electron chi connectivity index (χ4n) is 4.05. The Kier molecular flexibility index (Phi) is 6.58. The number of nitrogens with one attached hydrogen (secondary N) is 1. The first-order valence-electron chi connectivity index (χ1n) is 10.5. The Morgan fingerprint density at radius 1 is 0.933 bits per heavy atom. The van der Waals surface area contributed by atoms with Crippen molar-refractivity contribution in [1.29, 1.82) is 0 Å². The highest BCUT2D eigenvalue weighted by Gasteiger charge is 2.17. The van der Waals surface area contributed by atoms with Crippen LogP contribution in [0.25, 0.3) is 50.6 Å². The van der Waals surface area contributed by atoms with Gasteiger partial charge in [-0.3, -0.25) is 0 Å². The maximum Gasteiger partial charge on any atom is 0.0566 e. The van der Waals surface area contributed by atoms with Gasteiger partial charge in [-0.15, -0.1) is 0 Å². The fraction of sp³-hybridized carbons (Fsp3) is 0.143. The van der Waals surface area contributed by atoms with E-state index in [2.05, 4.69) is 83.4 Å². The second-order valence-electron chi connectivity index (χ2n) is 6.72. The number of para-hydroxylation sites is 1. The smallest absolute Gasteiger partial charge is 0.0566 e. The van der Waals surface area contributed by atoms with E-state index in [1.807, 2.05) is 45.9 Å². The molecule has 0 saturated heterocycles. The SMILES string of the molecule is C=C/C=C(\C=C/C)n1c2ccccc2c2c3[nH]c(/C=C\C)c(C=C)c3ccc21.CC. The van der Waals surface area contributed by atoms with Crippen molar-refractivity contribution >= 4 is 50.6 Å². The molecule has 0 fully saturated rings. The van der Waals surface area contributed by atoms with Gasteiger partial charge in [0.2, 0.25) is 0 Å². The summed E-state index contributed by atoms with van der Waals surface area (Å²) in [6.07, 6.45) is 14.1. The molecule has 4 rings (SSSR count). The van der Waals surface area contributed by atoms with Crippen molar-refractivity contribution in [1.82, 2.24) is 9.55 Å². The van der Waals surface area contributed by atoms with Gasteiger partial charge in [-0.05, 0) is 44.2 Å². The number of nitrogens with zero attached hydrogens (tertiary/aromatic N) is 1. The summed E-state index contributed by atoms with van der Waals surface area (Å²) < 4.78 is 2.30. The second-order valence-corrected chi connectivity index (χ2v) is 6.72. The Morgan fingerprint density at radius 2 is 1.70 bits per heavy atom. The molecule has 2 heteroatoms. The molecule has 1 N–H and O–H groups in total. The third-order valence-corrected chi connectivity index (χ3v) is 5.10. The van der Waals surface area contributed by atoms with Crippen molar-refractivity contribution in [2.45, 2.75) is 27.7 Å². The molecule has 30 heavy (non-hydrogen) atoms. The van der Waals surface area contributed by atoms with Crippen LogP contribution in [0.5, 0.6) is 0 Å². The lowest BCUT2D eigenvalue weighted by Crippen LogP contribution is -1.94. The quantitative estimate of drug-likeness (QED) is 0.327. The Morgan fingerprint density at radius 3 is 2.37 bits per heavy atom. The van der Waals surface area contributed by atoms with E-state index in [1.165, 1.54) is 27.2 Å².